The predicted octanol–water partition coefficient (Wildman–Crippen LogP) is 1.65. The molecule has 5 nitrogen and oxygen atoms in total. The summed E-state index contributed by atoms with van der Waals surface area (Å²) in [4.78, 5) is 12.1. The number of carbonyl (C=O) groups excluding carboxylic acids is 1. The Balaban J connectivity index is 1.93. The van der Waals surface area contributed by atoms with Crippen molar-refractivity contribution in [2.24, 2.45) is 11.8 Å². The Kier molecular flexibility index (Phi) is 4.01. The van der Waals surface area contributed by atoms with Crippen LogP contribution in [-0.2, 0) is 4.79 Å². The van der Waals surface area contributed by atoms with Gasteiger partial charge >= 0.3 is 0 Å². The van der Waals surface area contributed by atoms with Gasteiger partial charge in [-0.05, 0) is 32.7 Å². The van der Waals surface area contributed by atoms with Gasteiger partial charge in [-0.3, -0.25) is 9.48 Å². The zero-order valence-corrected chi connectivity index (χ0v) is 11.3. The molecule has 0 aromatic carbocycles. The summed E-state index contributed by atoms with van der Waals surface area (Å²) in [5.74, 6) is 1.33. The number of aromatic nitrogens is 2. The minimum absolute atomic E-state index is 0.0537. The summed E-state index contributed by atoms with van der Waals surface area (Å²) >= 11 is 0. The largest absolute Gasteiger partial charge is 0.316 e. The molecule has 1 amide bonds. The number of hydrogen-bond donors (Lipinski definition) is 2. The first-order chi connectivity index (χ1) is 8.56. The van der Waals surface area contributed by atoms with E-state index in [9.17, 15) is 4.79 Å². The second-order valence-electron chi connectivity index (χ2n) is 5.46. The molecule has 2 atom stereocenters. The van der Waals surface area contributed by atoms with Crippen LogP contribution in [0.2, 0.25) is 0 Å². The van der Waals surface area contributed by atoms with Crippen LogP contribution in [0.25, 0.3) is 0 Å². The van der Waals surface area contributed by atoms with Crippen LogP contribution in [-0.4, -0.2) is 28.8 Å². The van der Waals surface area contributed by atoms with Gasteiger partial charge in [0.15, 0.2) is 5.82 Å². The molecule has 2 N–H and O–H groups in total. The van der Waals surface area contributed by atoms with Crippen LogP contribution in [0.4, 0.5) is 5.82 Å². The zero-order chi connectivity index (χ0) is 13.1. The van der Waals surface area contributed by atoms with E-state index in [1.54, 1.807) is 0 Å². The van der Waals surface area contributed by atoms with Gasteiger partial charge in [0.05, 0.1) is 5.92 Å². The van der Waals surface area contributed by atoms with Crippen molar-refractivity contribution in [3.63, 3.8) is 0 Å². The van der Waals surface area contributed by atoms with Crippen molar-refractivity contribution in [1.29, 1.82) is 0 Å². The van der Waals surface area contributed by atoms with Crippen LogP contribution in [0, 0.1) is 11.8 Å². The fourth-order valence-corrected chi connectivity index (χ4v) is 2.28. The lowest BCUT2D eigenvalue weighted by Gasteiger charge is -2.26. The molecule has 1 fully saturated rings. The summed E-state index contributed by atoms with van der Waals surface area (Å²) in [5, 5.41) is 10.5. The lowest BCUT2D eigenvalue weighted by atomic mass is 9.91. The summed E-state index contributed by atoms with van der Waals surface area (Å²) < 4.78 is 1.84. The molecule has 0 bridgehead atoms. The van der Waals surface area contributed by atoms with E-state index in [2.05, 4.69) is 36.5 Å². The number of rotatable bonds is 3. The second kappa shape index (κ2) is 5.52. The first-order valence-electron chi connectivity index (χ1n) is 6.63. The van der Waals surface area contributed by atoms with Gasteiger partial charge in [0.1, 0.15) is 0 Å². The Labute approximate surface area is 108 Å². The van der Waals surface area contributed by atoms with Gasteiger partial charge in [0.25, 0.3) is 0 Å². The fourth-order valence-electron chi connectivity index (χ4n) is 2.28. The van der Waals surface area contributed by atoms with Gasteiger partial charge in [-0.15, -0.1) is 0 Å². The van der Waals surface area contributed by atoms with Crippen LogP contribution in [0.3, 0.4) is 0 Å². The molecule has 1 saturated heterocycles. The molecule has 5 heteroatoms. The molecular formula is C13H22N4O. The maximum atomic E-state index is 12.1. The Morgan fingerprint density at radius 1 is 1.56 bits per heavy atom. The van der Waals surface area contributed by atoms with E-state index in [0.29, 0.717) is 17.8 Å². The minimum Gasteiger partial charge on any atom is -0.316 e. The standard InChI is InChI=1S/C13H22N4O/c1-9(2)17-5-4-12(16-17)15-13(18)11-6-10(3)7-14-8-11/h4-5,9-11,14H,6-8H2,1-3H3,(H,15,16,18). The molecule has 2 rings (SSSR count). The average Bonchev–Trinajstić information content (AvgIpc) is 2.77. The monoisotopic (exact) mass is 250 g/mol. The predicted molar refractivity (Wildman–Crippen MR) is 71.4 cm³/mol. The zero-order valence-electron chi connectivity index (χ0n) is 11.3. The van der Waals surface area contributed by atoms with E-state index in [1.165, 1.54) is 0 Å². The third kappa shape index (κ3) is 3.10. The number of piperidine rings is 1. The van der Waals surface area contributed by atoms with Crippen molar-refractivity contribution in [3.05, 3.63) is 12.3 Å². The van der Waals surface area contributed by atoms with Crippen molar-refractivity contribution < 1.29 is 4.79 Å². The highest BCUT2D eigenvalue weighted by Crippen LogP contribution is 2.17. The van der Waals surface area contributed by atoms with Gasteiger partial charge < -0.3 is 10.6 Å². The van der Waals surface area contributed by atoms with E-state index in [0.717, 1.165) is 19.5 Å². The SMILES string of the molecule is CC1CNCC(C(=O)Nc2ccn(C(C)C)n2)C1. The smallest absolute Gasteiger partial charge is 0.229 e. The molecule has 18 heavy (non-hydrogen) atoms. The molecule has 2 unspecified atom stereocenters. The number of nitrogens with zero attached hydrogens (tertiary/aromatic N) is 2. The maximum Gasteiger partial charge on any atom is 0.229 e. The maximum absolute atomic E-state index is 12.1. The van der Waals surface area contributed by atoms with E-state index in [1.807, 2.05) is 16.9 Å². The van der Waals surface area contributed by atoms with E-state index in [4.69, 9.17) is 0 Å². The normalized spacial score (nSPS) is 24.2. The third-order valence-corrected chi connectivity index (χ3v) is 3.33. The summed E-state index contributed by atoms with van der Waals surface area (Å²) in [6.07, 6.45) is 2.84. The molecule has 1 aliphatic heterocycles. The first kappa shape index (κ1) is 13.1. The molecule has 100 valence electrons. The lowest BCUT2D eigenvalue weighted by Crippen LogP contribution is -2.40. The van der Waals surface area contributed by atoms with Crippen LogP contribution in [0.5, 0.6) is 0 Å². The second-order valence-corrected chi connectivity index (χ2v) is 5.46. The first-order valence-corrected chi connectivity index (χ1v) is 6.63. The van der Waals surface area contributed by atoms with Gasteiger partial charge in [0.2, 0.25) is 5.91 Å². The van der Waals surface area contributed by atoms with E-state index >= 15 is 0 Å². The van der Waals surface area contributed by atoms with Crippen LogP contribution in [0.15, 0.2) is 12.3 Å². The van der Waals surface area contributed by atoms with Crippen LogP contribution < -0.4 is 10.6 Å². The Morgan fingerprint density at radius 3 is 2.94 bits per heavy atom. The van der Waals surface area contributed by atoms with Crippen molar-refractivity contribution in [2.45, 2.75) is 33.2 Å². The third-order valence-electron chi connectivity index (χ3n) is 3.33. The number of carbonyl (C=O) groups is 1. The quantitative estimate of drug-likeness (QED) is 0.857. The Bertz CT molecular complexity index is 413. The number of hydrogen-bond acceptors (Lipinski definition) is 3. The van der Waals surface area contributed by atoms with Gasteiger partial charge in [-0.1, -0.05) is 6.92 Å². The molecule has 1 aromatic rings. The molecule has 0 spiro atoms. The topological polar surface area (TPSA) is 59.0 Å². The number of amides is 1. The molecule has 1 aromatic heterocycles. The molecule has 2 heterocycles. The molecular weight excluding hydrogens is 228 g/mol. The van der Waals surface area contributed by atoms with Crippen molar-refractivity contribution >= 4 is 11.7 Å². The van der Waals surface area contributed by atoms with E-state index < -0.39 is 0 Å². The molecule has 0 radical (unpaired) electrons. The van der Waals surface area contributed by atoms with E-state index in [-0.39, 0.29) is 11.8 Å². The van der Waals surface area contributed by atoms with Gasteiger partial charge in [-0.25, -0.2) is 0 Å². The van der Waals surface area contributed by atoms with Gasteiger partial charge in [0, 0.05) is 24.8 Å². The van der Waals surface area contributed by atoms with Crippen molar-refractivity contribution in [2.75, 3.05) is 18.4 Å². The average molecular weight is 250 g/mol. The number of anilines is 1. The molecule has 1 aliphatic rings. The van der Waals surface area contributed by atoms with Crippen LogP contribution >= 0.6 is 0 Å². The van der Waals surface area contributed by atoms with Crippen LogP contribution in [0.1, 0.15) is 33.2 Å². The highest BCUT2D eigenvalue weighted by Gasteiger charge is 2.25. The molecule has 0 aliphatic carbocycles. The van der Waals surface area contributed by atoms with Crippen molar-refractivity contribution in [1.82, 2.24) is 15.1 Å². The van der Waals surface area contributed by atoms with Crippen molar-refractivity contribution in [3.8, 4) is 0 Å². The highest BCUT2D eigenvalue weighted by atomic mass is 16.2. The minimum atomic E-state index is 0.0537. The summed E-state index contributed by atoms with van der Waals surface area (Å²) in [5.41, 5.74) is 0. The lowest BCUT2D eigenvalue weighted by molar-refractivity contribution is -0.120. The summed E-state index contributed by atoms with van der Waals surface area (Å²) in [6.45, 7) is 8.06. The Morgan fingerprint density at radius 2 is 2.33 bits per heavy atom. The summed E-state index contributed by atoms with van der Waals surface area (Å²) in [7, 11) is 0. The number of nitrogens with one attached hydrogen (secondary N) is 2. The fraction of sp³-hybridized carbons (Fsp3) is 0.692. The van der Waals surface area contributed by atoms with Gasteiger partial charge in [-0.2, -0.15) is 5.10 Å². The summed E-state index contributed by atoms with van der Waals surface area (Å²) in [6, 6.07) is 2.16. The highest BCUT2D eigenvalue weighted by molar-refractivity contribution is 5.91. The Hall–Kier alpha value is -1.36. The molecule has 0 saturated carbocycles.